The van der Waals surface area contributed by atoms with Crippen LogP contribution in [0.25, 0.3) is 17.0 Å². The van der Waals surface area contributed by atoms with Crippen LogP contribution < -0.4 is 0 Å². The second kappa shape index (κ2) is 7.64. The standard InChI is InChI=1S/C20H22FN3O2/c1-4-10-26-18(25)11-17-19(15-6-8-16(21)9-7-15)23-20-22-13(3)14(5-2)12-24(17)20/h6-9,12H,4-5,10-11H2,1-3H3. The monoisotopic (exact) mass is 355 g/mol. The van der Waals surface area contributed by atoms with E-state index >= 15 is 0 Å². The van der Waals surface area contributed by atoms with E-state index < -0.39 is 0 Å². The van der Waals surface area contributed by atoms with Crippen LogP contribution in [-0.2, 0) is 22.4 Å². The molecule has 0 saturated carbocycles. The Balaban J connectivity index is 2.13. The number of hydrogen-bond acceptors (Lipinski definition) is 4. The quantitative estimate of drug-likeness (QED) is 0.629. The van der Waals surface area contributed by atoms with Gasteiger partial charge in [-0.3, -0.25) is 9.20 Å². The summed E-state index contributed by atoms with van der Waals surface area (Å²) in [5, 5.41) is 0. The van der Waals surface area contributed by atoms with Crippen molar-refractivity contribution in [2.24, 2.45) is 0 Å². The lowest BCUT2D eigenvalue weighted by Crippen LogP contribution is -2.11. The highest BCUT2D eigenvalue weighted by Crippen LogP contribution is 2.26. The van der Waals surface area contributed by atoms with Crippen LogP contribution in [0.1, 0.15) is 37.2 Å². The molecule has 0 bridgehead atoms. The molecular weight excluding hydrogens is 333 g/mol. The highest BCUT2D eigenvalue weighted by Gasteiger charge is 2.19. The average Bonchev–Trinajstić information content (AvgIpc) is 2.97. The zero-order valence-electron chi connectivity index (χ0n) is 15.3. The Morgan fingerprint density at radius 2 is 1.92 bits per heavy atom. The third-order valence-corrected chi connectivity index (χ3v) is 4.29. The van der Waals surface area contributed by atoms with Gasteiger partial charge in [0.25, 0.3) is 0 Å². The van der Waals surface area contributed by atoms with E-state index in [4.69, 9.17) is 4.74 Å². The van der Waals surface area contributed by atoms with Crippen LogP contribution in [0, 0.1) is 12.7 Å². The summed E-state index contributed by atoms with van der Waals surface area (Å²) in [4.78, 5) is 21.4. The fourth-order valence-corrected chi connectivity index (χ4v) is 2.90. The number of nitrogens with zero attached hydrogens (tertiary/aromatic N) is 3. The first-order valence-corrected chi connectivity index (χ1v) is 8.82. The van der Waals surface area contributed by atoms with Gasteiger partial charge in [0.1, 0.15) is 5.82 Å². The summed E-state index contributed by atoms with van der Waals surface area (Å²) >= 11 is 0. The third kappa shape index (κ3) is 3.59. The minimum atomic E-state index is -0.316. The van der Waals surface area contributed by atoms with Gasteiger partial charge in [0.05, 0.1) is 24.4 Å². The molecule has 0 N–H and O–H groups in total. The van der Waals surface area contributed by atoms with Gasteiger partial charge in [0, 0.05) is 17.5 Å². The largest absolute Gasteiger partial charge is 0.465 e. The number of esters is 1. The molecule has 0 spiro atoms. The number of carbonyl (C=O) groups excluding carboxylic acids is 1. The number of carbonyl (C=O) groups is 1. The predicted octanol–water partition coefficient (Wildman–Crippen LogP) is 3.90. The summed E-state index contributed by atoms with van der Waals surface area (Å²) in [6, 6.07) is 6.08. The van der Waals surface area contributed by atoms with Gasteiger partial charge in [-0.15, -0.1) is 0 Å². The average molecular weight is 355 g/mol. The van der Waals surface area contributed by atoms with Gasteiger partial charge in [-0.1, -0.05) is 13.8 Å². The molecule has 2 heterocycles. The molecule has 5 nitrogen and oxygen atoms in total. The second-order valence-corrected chi connectivity index (χ2v) is 6.19. The maximum atomic E-state index is 13.3. The highest BCUT2D eigenvalue weighted by atomic mass is 19.1. The molecule has 0 saturated heterocycles. The number of benzene rings is 1. The molecule has 26 heavy (non-hydrogen) atoms. The Morgan fingerprint density at radius 1 is 1.19 bits per heavy atom. The van der Waals surface area contributed by atoms with Crippen LogP contribution in [0.15, 0.2) is 30.5 Å². The van der Waals surface area contributed by atoms with Crippen molar-refractivity contribution in [1.82, 2.24) is 14.4 Å². The second-order valence-electron chi connectivity index (χ2n) is 6.19. The van der Waals surface area contributed by atoms with E-state index in [1.54, 1.807) is 12.1 Å². The zero-order valence-corrected chi connectivity index (χ0v) is 15.3. The molecule has 2 aromatic heterocycles. The molecule has 136 valence electrons. The normalized spacial score (nSPS) is 11.1. The van der Waals surface area contributed by atoms with Crippen LogP contribution in [0.2, 0.25) is 0 Å². The Bertz CT molecular complexity index is 932. The van der Waals surface area contributed by atoms with E-state index in [9.17, 15) is 9.18 Å². The van der Waals surface area contributed by atoms with E-state index in [0.29, 0.717) is 23.8 Å². The van der Waals surface area contributed by atoms with Gasteiger partial charge in [0.2, 0.25) is 5.78 Å². The van der Waals surface area contributed by atoms with Gasteiger partial charge < -0.3 is 4.74 Å². The van der Waals surface area contributed by atoms with Gasteiger partial charge in [0.15, 0.2) is 0 Å². The number of rotatable bonds is 6. The van der Waals surface area contributed by atoms with E-state index in [0.717, 1.165) is 29.7 Å². The van der Waals surface area contributed by atoms with Crippen molar-refractivity contribution in [3.63, 3.8) is 0 Å². The summed E-state index contributed by atoms with van der Waals surface area (Å²) in [7, 11) is 0. The third-order valence-electron chi connectivity index (χ3n) is 4.29. The molecule has 0 aliphatic rings. The SMILES string of the molecule is CCCOC(=O)Cc1c(-c2ccc(F)cc2)nc2nc(C)c(CC)cn12. The van der Waals surface area contributed by atoms with Crippen molar-refractivity contribution in [3.05, 3.63) is 53.2 Å². The molecular formula is C20H22FN3O2. The number of aryl methyl sites for hydroxylation is 2. The van der Waals surface area contributed by atoms with Gasteiger partial charge in [-0.05, 0) is 49.6 Å². The maximum Gasteiger partial charge on any atom is 0.311 e. The first-order chi connectivity index (χ1) is 12.5. The molecule has 0 radical (unpaired) electrons. The fraction of sp³-hybridized carbons (Fsp3) is 0.350. The zero-order chi connectivity index (χ0) is 18.7. The lowest BCUT2D eigenvalue weighted by atomic mass is 10.1. The summed E-state index contributed by atoms with van der Waals surface area (Å²) in [6.07, 6.45) is 3.66. The van der Waals surface area contributed by atoms with Crippen molar-refractivity contribution in [3.8, 4) is 11.3 Å². The van der Waals surface area contributed by atoms with Crippen LogP contribution in [0.4, 0.5) is 4.39 Å². The summed E-state index contributed by atoms with van der Waals surface area (Å²) < 4.78 is 20.4. The maximum absolute atomic E-state index is 13.3. The van der Waals surface area contributed by atoms with Gasteiger partial charge >= 0.3 is 5.97 Å². The Morgan fingerprint density at radius 3 is 2.58 bits per heavy atom. The molecule has 0 aliphatic carbocycles. The molecule has 0 unspecified atom stereocenters. The highest BCUT2D eigenvalue weighted by molar-refractivity contribution is 5.77. The molecule has 6 heteroatoms. The molecule has 3 rings (SSSR count). The Kier molecular flexibility index (Phi) is 5.30. The van der Waals surface area contributed by atoms with E-state index in [-0.39, 0.29) is 18.2 Å². The smallest absolute Gasteiger partial charge is 0.311 e. The van der Waals surface area contributed by atoms with E-state index in [2.05, 4.69) is 16.9 Å². The number of halogens is 1. The topological polar surface area (TPSA) is 56.5 Å². The minimum absolute atomic E-state index is 0.0851. The van der Waals surface area contributed by atoms with E-state index in [1.165, 1.54) is 12.1 Å². The van der Waals surface area contributed by atoms with E-state index in [1.807, 2.05) is 24.4 Å². The summed E-state index contributed by atoms with van der Waals surface area (Å²) in [5.74, 6) is -0.100. The summed E-state index contributed by atoms with van der Waals surface area (Å²) in [5.41, 5.74) is 4.07. The lowest BCUT2D eigenvalue weighted by molar-refractivity contribution is -0.142. The lowest BCUT2D eigenvalue weighted by Gasteiger charge is -2.08. The predicted molar refractivity (Wildman–Crippen MR) is 97.5 cm³/mol. The molecule has 0 amide bonds. The van der Waals surface area contributed by atoms with Crippen molar-refractivity contribution in [2.45, 2.75) is 40.0 Å². The van der Waals surface area contributed by atoms with Crippen molar-refractivity contribution in [2.75, 3.05) is 6.61 Å². The van der Waals surface area contributed by atoms with Crippen LogP contribution in [-0.4, -0.2) is 26.9 Å². The fourth-order valence-electron chi connectivity index (χ4n) is 2.90. The van der Waals surface area contributed by atoms with Crippen LogP contribution in [0.3, 0.4) is 0 Å². The van der Waals surface area contributed by atoms with Crippen LogP contribution >= 0.6 is 0 Å². The first-order valence-electron chi connectivity index (χ1n) is 8.82. The van der Waals surface area contributed by atoms with Crippen molar-refractivity contribution >= 4 is 11.7 Å². The number of ether oxygens (including phenoxy) is 1. The number of aromatic nitrogens is 3. The molecule has 0 aliphatic heterocycles. The van der Waals surface area contributed by atoms with Gasteiger partial charge in [-0.25, -0.2) is 14.4 Å². The molecule has 3 aromatic rings. The Hall–Kier alpha value is -2.76. The Labute approximate surface area is 151 Å². The van der Waals surface area contributed by atoms with Crippen LogP contribution in [0.5, 0.6) is 0 Å². The summed E-state index contributed by atoms with van der Waals surface area (Å²) in [6.45, 7) is 6.34. The number of imidazole rings is 1. The molecule has 0 atom stereocenters. The van der Waals surface area contributed by atoms with Crippen molar-refractivity contribution in [1.29, 1.82) is 0 Å². The van der Waals surface area contributed by atoms with Crippen molar-refractivity contribution < 1.29 is 13.9 Å². The molecule has 0 fully saturated rings. The minimum Gasteiger partial charge on any atom is -0.465 e. The first kappa shape index (κ1) is 18.0. The number of fused-ring (bicyclic) bond motifs is 1. The van der Waals surface area contributed by atoms with Gasteiger partial charge in [-0.2, -0.15) is 0 Å². The number of hydrogen-bond donors (Lipinski definition) is 0. The molecule has 1 aromatic carbocycles.